The highest BCUT2D eigenvalue weighted by molar-refractivity contribution is 9.10. The smallest absolute Gasteiger partial charge is 0.258 e. The summed E-state index contributed by atoms with van der Waals surface area (Å²) in [6.07, 6.45) is 3.14. The first kappa shape index (κ1) is 15.5. The van der Waals surface area contributed by atoms with Gasteiger partial charge in [0.2, 0.25) is 0 Å². The molecular weight excluding hydrogens is 362 g/mol. The number of methoxy groups -OCH3 is 1. The van der Waals surface area contributed by atoms with Gasteiger partial charge in [-0.1, -0.05) is 15.9 Å². The van der Waals surface area contributed by atoms with Crippen LogP contribution in [0.2, 0.25) is 0 Å². The van der Waals surface area contributed by atoms with E-state index in [1.165, 1.54) is 7.11 Å². The summed E-state index contributed by atoms with van der Waals surface area (Å²) in [4.78, 5) is 16.4. The number of nitrogens with one attached hydrogen (secondary N) is 1. The van der Waals surface area contributed by atoms with E-state index in [9.17, 15) is 4.79 Å². The van der Waals surface area contributed by atoms with Crippen molar-refractivity contribution in [3.63, 3.8) is 0 Å². The van der Waals surface area contributed by atoms with Gasteiger partial charge in [0.15, 0.2) is 6.79 Å². The van der Waals surface area contributed by atoms with Crippen LogP contribution in [0.4, 0.5) is 5.69 Å². The van der Waals surface area contributed by atoms with E-state index in [2.05, 4.69) is 26.2 Å². The highest BCUT2D eigenvalue weighted by atomic mass is 79.9. The maximum atomic E-state index is 12.3. The number of nitrogens with two attached hydrogens (primary N) is 1. The molecule has 2 aromatic rings. The minimum Gasteiger partial charge on any atom is -0.466 e. The van der Waals surface area contributed by atoms with Crippen molar-refractivity contribution in [2.45, 2.75) is 0 Å². The number of nitrogens with zero attached hydrogens (tertiary/aromatic N) is 1. The number of amides is 1. The van der Waals surface area contributed by atoms with Crippen LogP contribution in [0.3, 0.4) is 0 Å². The van der Waals surface area contributed by atoms with Gasteiger partial charge in [-0.05, 0) is 24.3 Å². The molecule has 0 saturated heterocycles. The Kier molecular flexibility index (Phi) is 4.31. The van der Waals surface area contributed by atoms with Crippen LogP contribution in [0.25, 0.3) is 11.3 Å². The third-order valence-electron chi connectivity index (χ3n) is 3.36. The second-order valence-electron chi connectivity index (χ2n) is 4.89. The van der Waals surface area contributed by atoms with E-state index in [0.717, 1.165) is 15.7 Å². The first-order chi connectivity index (χ1) is 11.1. The average Bonchev–Trinajstić information content (AvgIpc) is 2.87. The van der Waals surface area contributed by atoms with Gasteiger partial charge in [-0.2, -0.15) is 0 Å². The molecule has 3 rings (SSSR count). The number of benzene rings is 1. The normalized spacial score (nSPS) is 15.1. The number of anilines is 1. The van der Waals surface area contributed by atoms with Crippen LogP contribution < -0.4 is 15.8 Å². The Labute approximate surface area is 141 Å². The lowest BCUT2D eigenvalue weighted by Crippen LogP contribution is -2.10. The van der Waals surface area contributed by atoms with E-state index < -0.39 is 0 Å². The van der Waals surface area contributed by atoms with Crippen LogP contribution >= 0.6 is 15.9 Å². The fourth-order valence-corrected chi connectivity index (χ4v) is 2.68. The molecule has 7 heteroatoms. The largest absolute Gasteiger partial charge is 0.466 e. The van der Waals surface area contributed by atoms with E-state index >= 15 is 0 Å². The Morgan fingerprint density at radius 1 is 1.35 bits per heavy atom. The van der Waals surface area contributed by atoms with Crippen molar-refractivity contribution in [1.29, 1.82) is 0 Å². The van der Waals surface area contributed by atoms with Crippen LogP contribution in [-0.4, -0.2) is 24.8 Å². The molecule has 0 spiro atoms. The summed E-state index contributed by atoms with van der Waals surface area (Å²) in [7, 11) is 1.53. The van der Waals surface area contributed by atoms with E-state index in [0.29, 0.717) is 22.6 Å². The molecule has 3 N–H and O–H groups in total. The third kappa shape index (κ3) is 3.06. The zero-order chi connectivity index (χ0) is 16.4. The molecule has 118 valence electrons. The van der Waals surface area contributed by atoms with Gasteiger partial charge in [0, 0.05) is 34.6 Å². The van der Waals surface area contributed by atoms with Gasteiger partial charge in [0.05, 0.1) is 17.5 Å². The molecule has 1 aliphatic rings. The first-order valence-corrected chi connectivity index (χ1v) is 7.57. The molecule has 1 aromatic carbocycles. The number of rotatable bonds is 4. The van der Waals surface area contributed by atoms with Crippen molar-refractivity contribution in [3.8, 4) is 5.75 Å². The fraction of sp³-hybridized carbons (Fsp3) is 0.125. The number of halogens is 1. The Morgan fingerprint density at radius 2 is 2.17 bits per heavy atom. The van der Waals surface area contributed by atoms with Crippen LogP contribution in [0, 0.1) is 0 Å². The topological polar surface area (TPSA) is 86.5 Å². The molecule has 0 radical (unpaired) electrons. The zero-order valence-corrected chi connectivity index (χ0v) is 13.9. The van der Waals surface area contributed by atoms with Crippen molar-refractivity contribution in [2.24, 2.45) is 5.73 Å². The van der Waals surface area contributed by atoms with Crippen molar-refractivity contribution < 1.29 is 14.3 Å². The number of ether oxygens (including phenoxy) is 2. The molecule has 1 aromatic heterocycles. The molecule has 0 saturated carbocycles. The van der Waals surface area contributed by atoms with E-state index in [1.54, 1.807) is 18.5 Å². The third-order valence-corrected chi connectivity index (χ3v) is 3.86. The van der Waals surface area contributed by atoms with Crippen LogP contribution in [0.1, 0.15) is 11.1 Å². The molecule has 23 heavy (non-hydrogen) atoms. The first-order valence-electron chi connectivity index (χ1n) is 6.78. The summed E-state index contributed by atoms with van der Waals surface area (Å²) in [6.45, 7) is 0.109. The number of hydrogen-bond acceptors (Lipinski definition) is 5. The van der Waals surface area contributed by atoms with Gasteiger partial charge in [-0.3, -0.25) is 9.78 Å². The summed E-state index contributed by atoms with van der Waals surface area (Å²) in [5.41, 5.74) is 9.09. The molecular formula is C16H14BrN3O3. The molecule has 1 amide bonds. The van der Waals surface area contributed by atoms with Gasteiger partial charge in [0.25, 0.3) is 5.91 Å². The molecule has 0 bridgehead atoms. The number of carbonyl (C=O) groups excluding carboxylic acids is 1. The standard InChI is InChI=1S/C16H14BrN3O3/c1-22-8-23-11-4-9(6-19-7-11)15(18)14-12-5-10(17)2-3-13(12)20-16(14)21/h2-7H,8,18H2,1H3,(H,20,21)/b15-14-. The molecule has 2 heterocycles. The number of carbonyl (C=O) groups is 1. The van der Waals surface area contributed by atoms with E-state index in [-0.39, 0.29) is 12.7 Å². The van der Waals surface area contributed by atoms with Crippen LogP contribution in [0.15, 0.2) is 41.1 Å². The second-order valence-corrected chi connectivity index (χ2v) is 5.81. The maximum Gasteiger partial charge on any atom is 0.258 e. The molecule has 0 atom stereocenters. The predicted octanol–water partition coefficient (Wildman–Crippen LogP) is 2.61. The summed E-state index contributed by atoms with van der Waals surface area (Å²) in [5, 5.41) is 2.80. The fourth-order valence-electron chi connectivity index (χ4n) is 2.32. The minimum atomic E-state index is -0.237. The SMILES string of the molecule is COCOc1cncc(/C(N)=C2/C(=O)Nc3ccc(Br)cc32)c1. The molecule has 1 aliphatic heterocycles. The second kappa shape index (κ2) is 6.39. The van der Waals surface area contributed by atoms with Gasteiger partial charge < -0.3 is 20.5 Å². The molecule has 6 nitrogen and oxygen atoms in total. The van der Waals surface area contributed by atoms with Crippen LogP contribution in [0.5, 0.6) is 5.75 Å². The highest BCUT2D eigenvalue weighted by Gasteiger charge is 2.27. The molecule has 0 aliphatic carbocycles. The van der Waals surface area contributed by atoms with Gasteiger partial charge in [0.1, 0.15) is 5.75 Å². The summed E-state index contributed by atoms with van der Waals surface area (Å²) >= 11 is 3.41. The number of pyridine rings is 1. The summed E-state index contributed by atoms with van der Waals surface area (Å²) in [6, 6.07) is 7.26. The quantitative estimate of drug-likeness (QED) is 0.633. The Hall–Kier alpha value is -2.38. The Bertz CT molecular complexity index is 805. The van der Waals surface area contributed by atoms with Gasteiger partial charge >= 0.3 is 0 Å². The minimum absolute atomic E-state index is 0.109. The van der Waals surface area contributed by atoms with Crippen molar-refractivity contribution in [3.05, 3.63) is 52.3 Å². The Morgan fingerprint density at radius 3 is 2.96 bits per heavy atom. The lowest BCUT2D eigenvalue weighted by molar-refractivity contribution is -0.110. The lowest BCUT2D eigenvalue weighted by atomic mass is 10.0. The van der Waals surface area contributed by atoms with E-state index in [4.69, 9.17) is 15.2 Å². The monoisotopic (exact) mass is 375 g/mol. The number of hydrogen-bond donors (Lipinski definition) is 2. The number of aromatic nitrogens is 1. The van der Waals surface area contributed by atoms with E-state index in [1.807, 2.05) is 18.2 Å². The summed E-state index contributed by atoms with van der Waals surface area (Å²) in [5.74, 6) is 0.277. The maximum absolute atomic E-state index is 12.3. The summed E-state index contributed by atoms with van der Waals surface area (Å²) < 4.78 is 11.1. The zero-order valence-electron chi connectivity index (χ0n) is 12.3. The number of fused-ring (bicyclic) bond motifs is 1. The predicted molar refractivity (Wildman–Crippen MR) is 90.5 cm³/mol. The van der Waals surface area contributed by atoms with Crippen molar-refractivity contribution in [2.75, 3.05) is 19.2 Å². The van der Waals surface area contributed by atoms with Gasteiger partial charge in [-0.25, -0.2) is 0 Å². The van der Waals surface area contributed by atoms with Gasteiger partial charge in [-0.15, -0.1) is 0 Å². The lowest BCUT2D eigenvalue weighted by Gasteiger charge is -2.09. The van der Waals surface area contributed by atoms with Crippen molar-refractivity contribution in [1.82, 2.24) is 4.98 Å². The molecule has 0 fully saturated rings. The van der Waals surface area contributed by atoms with Crippen LogP contribution in [-0.2, 0) is 9.53 Å². The Balaban J connectivity index is 2.05. The average molecular weight is 376 g/mol. The van der Waals surface area contributed by atoms with Crippen molar-refractivity contribution >= 4 is 38.8 Å². The highest BCUT2D eigenvalue weighted by Crippen LogP contribution is 2.37. The molecule has 0 unspecified atom stereocenters.